The summed E-state index contributed by atoms with van der Waals surface area (Å²) >= 11 is 8.92. The molecule has 3 heteroatoms. The van der Waals surface area contributed by atoms with E-state index in [1.165, 1.54) is 0 Å². The number of hydrogen-bond acceptors (Lipinski definition) is 0. The first kappa shape index (κ1) is 10.0. The van der Waals surface area contributed by atoms with Crippen LogP contribution in [0.1, 0.15) is 5.56 Å². The molecule has 0 N–H and O–H groups in total. The van der Waals surface area contributed by atoms with Gasteiger partial charge >= 0.3 is 0 Å². The predicted octanol–water partition coefficient (Wildman–Crippen LogP) is 3.62. The van der Waals surface area contributed by atoms with Crippen molar-refractivity contribution in [3.8, 4) is 0 Å². The molecule has 0 aliphatic rings. The van der Waals surface area contributed by atoms with Gasteiger partial charge in [-0.25, -0.2) is 4.39 Å². The van der Waals surface area contributed by atoms with Gasteiger partial charge in [-0.15, -0.1) is 0 Å². The molecule has 0 aliphatic carbocycles. The lowest BCUT2D eigenvalue weighted by molar-refractivity contribution is 0.368. The van der Waals surface area contributed by atoms with Crippen LogP contribution >= 0.6 is 27.5 Å². The van der Waals surface area contributed by atoms with Crippen LogP contribution in [0.3, 0.4) is 0 Å². The minimum absolute atomic E-state index is 0.359. The molecule has 1 atom stereocenters. The molecular formula is C9H9BrClF. The number of hydrogen-bond donors (Lipinski definition) is 0. The van der Waals surface area contributed by atoms with Crippen LogP contribution in [0.25, 0.3) is 0 Å². The maximum absolute atomic E-state index is 12.9. The molecule has 0 aliphatic heterocycles. The van der Waals surface area contributed by atoms with Gasteiger partial charge in [0, 0.05) is 16.8 Å². The van der Waals surface area contributed by atoms with E-state index in [1.807, 2.05) is 18.2 Å². The van der Waals surface area contributed by atoms with Crippen LogP contribution in [0.2, 0.25) is 5.02 Å². The summed E-state index contributed by atoms with van der Waals surface area (Å²) in [6.07, 6.45) is -0.477. The van der Waals surface area contributed by atoms with E-state index in [9.17, 15) is 4.39 Å². The predicted molar refractivity (Wildman–Crippen MR) is 53.8 cm³/mol. The minimum atomic E-state index is -0.857. The van der Waals surface area contributed by atoms with Gasteiger partial charge in [0.25, 0.3) is 0 Å². The summed E-state index contributed by atoms with van der Waals surface area (Å²) in [5.74, 6) is 0. The molecule has 0 unspecified atom stereocenters. The van der Waals surface area contributed by atoms with Gasteiger partial charge in [0.05, 0.1) is 0 Å². The Morgan fingerprint density at radius 3 is 2.67 bits per heavy atom. The zero-order valence-electron chi connectivity index (χ0n) is 6.43. The van der Waals surface area contributed by atoms with Crippen LogP contribution in [0.4, 0.5) is 4.39 Å². The molecule has 0 heterocycles. The first-order valence-electron chi connectivity index (χ1n) is 3.67. The van der Waals surface area contributed by atoms with Crippen LogP contribution in [0, 0.1) is 0 Å². The summed E-state index contributed by atoms with van der Waals surface area (Å²) < 4.78 is 12.9. The molecule has 12 heavy (non-hydrogen) atoms. The summed E-state index contributed by atoms with van der Waals surface area (Å²) in [4.78, 5) is 0. The van der Waals surface area contributed by atoms with Gasteiger partial charge in [0.1, 0.15) is 6.17 Å². The second kappa shape index (κ2) is 4.83. The molecule has 0 nitrogen and oxygen atoms in total. The van der Waals surface area contributed by atoms with Gasteiger partial charge in [-0.05, 0) is 11.6 Å². The monoisotopic (exact) mass is 250 g/mol. The summed E-state index contributed by atoms with van der Waals surface area (Å²) in [6, 6.07) is 7.32. The van der Waals surface area contributed by atoms with Crippen molar-refractivity contribution in [3.63, 3.8) is 0 Å². The third kappa shape index (κ3) is 2.76. The fourth-order valence-corrected chi connectivity index (χ4v) is 1.40. The summed E-state index contributed by atoms with van der Waals surface area (Å²) in [5.41, 5.74) is 0.867. The van der Waals surface area contributed by atoms with Gasteiger partial charge in [-0.1, -0.05) is 45.7 Å². The molecule has 1 aromatic carbocycles. The average molecular weight is 252 g/mol. The normalized spacial score (nSPS) is 12.9. The largest absolute Gasteiger partial charge is 0.246 e. The summed E-state index contributed by atoms with van der Waals surface area (Å²) in [7, 11) is 0. The van der Waals surface area contributed by atoms with Gasteiger partial charge in [-0.3, -0.25) is 0 Å². The molecular weight excluding hydrogens is 242 g/mol. The second-order valence-corrected chi connectivity index (χ2v) is 3.60. The van der Waals surface area contributed by atoms with Crippen molar-refractivity contribution >= 4 is 27.5 Å². The average Bonchev–Trinajstić information content (AvgIpc) is 2.09. The smallest absolute Gasteiger partial charge is 0.114 e. The van der Waals surface area contributed by atoms with E-state index in [2.05, 4.69) is 15.9 Å². The molecule has 0 saturated carbocycles. The van der Waals surface area contributed by atoms with Crippen LogP contribution < -0.4 is 0 Å². The highest BCUT2D eigenvalue weighted by Crippen LogP contribution is 2.18. The molecule has 1 aromatic rings. The highest BCUT2D eigenvalue weighted by molar-refractivity contribution is 9.09. The van der Waals surface area contributed by atoms with Crippen molar-refractivity contribution in [3.05, 3.63) is 34.9 Å². The van der Waals surface area contributed by atoms with E-state index < -0.39 is 6.17 Å². The van der Waals surface area contributed by atoms with E-state index in [4.69, 9.17) is 11.6 Å². The Labute approximate surface area is 84.9 Å². The molecule has 0 radical (unpaired) electrons. The lowest BCUT2D eigenvalue weighted by Crippen LogP contribution is -2.05. The number of halogens is 3. The number of rotatable bonds is 3. The van der Waals surface area contributed by atoms with Crippen LogP contribution in [0.5, 0.6) is 0 Å². The van der Waals surface area contributed by atoms with Crippen LogP contribution in [-0.4, -0.2) is 11.5 Å². The zero-order chi connectivity index (χ0) is 8.97. The lowest BCUT2D eigenvalue weighted by Gasteiger charge is -2.05. The molecule has 0 fully saturated rings. The van der Waals surface area contributed by atoms with E-state index in [0.717, 1.165) is 5.56 Å². The van der Waals surface area contributed by atoms with Crippen molar-refractivity contribution in [1.29, 1.82) is 0 Å². The van der Waals surface area contributed by atoms with Crippen molar-refractivity contribution in [2.24, 2.45) is 0 Å². The molecule has 0 spiro atoms. The molecule has 0 bridgehead atoms. The van der Waals surface area contributed by atoms with Crippen LogP contribution in [-0.2, 0) is 6.42 Å². The van der Waals surface area contributed by atoms with Gasteiger partial charge in [0.2, 0.25) is 0 Å². The fourth-order valence-electron chi connectivity index (χ4n) is 0.957. The van der Waals surface area contributed by atoms with Crippen molar-refractivity contribution < 1.29 is 4.39 Å². The second-order valence-electron chi connectivity index (χ2n) is 2.55. The Kier molecular flexibility index (Phi) is 4.02. The van der Waals surface area contributed by atoms with E-state index in [-0.39, 0.29) is 0 Å². The molecule has 0 aromatic heterocycles. The SMILES string of the molecule is F[C@H](CBr)Cc1ccccc1Cl. The Hall–Kier alpha value is -0.0800. The van der Waals surface area contributed by atoms with Gasteiger partial charge in [-0.2, -0.15) is 0 Å². The maximum atomic E-state index is 12.9. The van der Waals surface area contributed by atoms with E-state index in [1.54, 1.807) is 6.07 Å². The zero-order valence-corrected chi connectivity index (χ0v) is 8.78. The Balaban J connectivity index is 2.69. The molecule has 1 rings (SSSR count). The van der Waals surface area contributed by atoms with Crippen molar-refractivity contribution in [2.75, 3.05) is 5.33 Å². The summed E-state index contributed by atoms with van der Waals surface area (Å²) in [5, 5.41) is 0.999. The van der Waals surface area contributed by atoms with Crippen molar-refractivity contribution in [1.82, 2.24) is 0 Å². The van der Waals surface area contributed by atoms with Crippen LogP contribution in [0.15, 0.2) is 24.3 Å². The van der Waals surface area contributed by atoms with Gasteiger partial charge in [0.15, 0.2) is 0 Å². The quantitative estimate of drug-likeness (QED) is 0.720. The Morgan fingerprint density at radius 2 is 2.08 bits per heavy atom. The van der Waals surface area contributed by atoms with E-state index >= 15 is 0 Å². The lowest BCUT2D eigenvalue weighted by atomic mass is 10.1. The highest BCUT2D eigenvalue weighted by atomic mass is 79.9. The fraction of sp³-hybridized carbons (Fsp3) is 0.333. The third-order valence-electron chi connectivity index (χ3n) is 1.57. The molecule has 0 amide bonds. The summed E-state index contributed by atoms with van der Waals surface area (Å²) in [6.45, 7) is 0. The molecule has 0 saturated heterocycles. The topological polar surface area (TPSA) is 0 Å². The standard InChI is InChI=1S/C9H9BrClF/c10-6-8(12)5-7-3-1-2-4-9(7)11/h1-4,8H,5-6H2/t8-/m0/s1. The Morgan fingerprint density at radius 1 is 1.42 bits per heavy atom. The Bertz CT molecular complexity index is 252. The molecule has 66 valence electrons. The minimum Gasteiger partial charge on any atom is -0.246 e. The van der Waals surface area contributed by atoms with Crippen molar-refractivity contribution in [2.45, 2.75) is 12.6 Å². The number of benzene rings is 1. The highest BCUT2D eigenvalue weighted by Gasteiger charge is 2.07. The third-order valence-corrected chi connectivity index (χ3v) is 2.64. The first-order valence-corrected chi connectivity index (χ1v) is 5.17. The van der Waals surface area contributed by atoms with E-state index in [0.29, 0.717) is 16.8 Å². The van der Waals surface area contributed by atoms with Gasteiger partial charge < -0.3 is 0 Å². The first-order chi connectivity index (χ1) is 5.74. The number of alkyl halides is 2. The maximum Gasteiger partial charge on any atom is 0.114 e.